The Balaban J connectivity index is 1.58. The molecule has 0 radical (unpaired) electrons. The van der Waals surface area contributed by atoms with Crippen LogP contribution in [0, 0.1) is 5.41 Å². The number of fused-ring (bicyclic) bond motifs is 1. The first-order chi connectivity index (χ1) is 17.4. The standard InChI is InChI=1S/C26H28N6O2S2/c1-34-19-8-9-21-23(15-19)35-26(31-21)22(13-16-4-2-5-17(12-16)25(28)29)32-36-20-7-3-6-18(14-20)30-24(33)10-11-27/h2-9,12,14-15,22,32H,10-11,13,27H2,1H3,(H3,28,29)(H,30,33). The van der Waals surface area contributed by atoms with Gasteiger partial charge < -0.3 is 21.5 Å². The van der Waals surface area contributed by atoms with Gasteiger partial charge in [0, 0.05) is 29.1 Å². The van der Waals surface area contributed by atoms with E-state index in [0.29, 0.717) is 18.5 Å². The molecule has 4 rings (SSSR count). The molecule has 1 atom stereocenters. The summed E-state index contributed by atoms with van der Waals surface area (Å²) in [5.74, 6) is 0.719. The van der Waals surface area contributed by atoms with Crippen LogP contribution in [-0.4, -0.2) is 30.4 Å². The Morgan fingerprint density at radius 1 is 1.17 bits per heavy atom. The van der Waals surface area contributed by atoms with Crippen molar-refractivity contribution in [2.45, 2.75) is 23.8 Å². The van der Waals surface area contributed by atoms with Crippen LogP contribution in [0.5, 0.6) is 5.75 Å². The maximum Gasteiger partial charge on any atom is 0.225 e. The Labute approximate surface area is 218 Å². The molecule has 0 saturated heterocycles. The number of nitrogens with one attached hydrogen (secondary N) is 3. The van der Waals surface area contributed by atoms with Crippen LogP contribution in [0.15, 0.2) is 71.6 Å². The van der Waals surface area contributed by atoms with Crippen LogP contribution >= 0.6 is 23.3 Å². The summed E-state index contributed by atoms with van der Waals surface area (Å²) in [6.07, 6.45) is 0.928. The van der Waals surface area contributed by atoms with Gasteiger partial charge in [-0.1, -0.05) is 24.3 Å². The topological polar surface area (TPSA) is 139 Å². The summed E-state index contributed by atoms with van der Waals surface area (Å²) in [6.45, 7) is 0.308. The molecule has 1 unspecified atom stereocenters. The van der Waals surface area contributed by atoms with Gasteiger partial charge in [-0.05, 0) is 66.4 Å². The second-order valence-electron chi connectivity index (χ2n) is 8.09. The van der Waals surface area contributed by atoms with Gasteiger partial charge in [-0.3, -0.25) is 10.2 Å². The zero-order valence-electron chi connectivity index (χ0n) is 19.8. The fourth-order valence-electron chi connectivity index (χ4n) is 3.61. The van der Waals surface area contributed by atoms with Gasteiger partial charge in [-0.2, -0.15) is 0 Å². The molecule has 3 aromatic carbocycles. The van der Waals surface area contributed by atoms with Gasteiger partial charge in [-0.25, -0.2) is 9.71 Å². The summed E-state index contributed by atoms with van der Waals surface area (Å²) in [5.41, 5.74) is 14.5. The van der Waals surface area contributed by atoms with Crippen LogP contribution in [0.25, 0.3) is 10.2 Å². The number of anilines is 1. The summed E-state index contributed by atoms with van der Waals surface area (Å²) < 4.78 is 9.98. The smallest absolute Gasteiger partial charge is 0.225 e. The van der Waals surface area contributed by atoms with Gasteiger partial charge in [0.25, 0.3) is 0 Å². The fraction of sp³-hybridized carbons (Fsp3) is 0.192. The predicted molar refractivity (Wildman–Crippen MR) is 148 cm³/mol. The Morgan fingerprint density at radius 3 is 2.78 bits per heavy atom. The van der Waals surface area contributed by atoms with Crippen molar-refractivity contribution < 1.29 is 9.53 Å². The maximum absolute atomic E-state index is 11.9. The van der Waals surface area contributed by atoms with Crippen molar-refractivity contribution in [1.29, 1.82) is 5.41 Å². The summed E-state index contributed by atoms with van der Waals surface area (Å²) in [4.78, 5) is 17.8. The van der Waals surface area contributed by atoms with Crippen molar-refractivity contribution >= 4 is 50.9 Å². The monoisotopic (exact) mass is 520 g/mol. The second kappa shape index (κ2) is 12.0. The number of methoxy groups -OCH3 is 1. The highest BCUT2D eigenvalue weighted by Crippen LogP contribution is 2.33. The molecule has 0 fully saturated rings. The van der Waals surface area contributed by atoms with E-state index in [1.807, 2.05) is 66.7 Å². The van der Waals surface area contributed by atoms with Gasteiger partial charge in [0.15, 0.2) is 0 Å². The minimum atomic E-state index is -0.115. The lowest BCUT2D eigenvalue weighted by Crippen LogP contribution is -2.18. The number of amides is 1. The zero-order valence-corrected chi connectivity index (χ0v) is 21.4. The summed E-state index contributed by atoms with van der Waals surface area (Å²) in [5, 5.41) is 11.6. The summed E-state index contributed by atoms with van der Waals surface area (Å²) >= 11 is 3.09. The van der Waals surface area contributed by atoms with Crippen LogP contribution in [0.1, 0.15) is 28.6 Å². The average Bonchev–Trinajstić information content (AvgIpc) is 3.30. The molecule has 186 valence electrons. The number of nitrogens with zero attached hydrogens (tertiary/aromatic N) is 1. The average molecular weight is 521 g/mol. The Hall–Kier alpha value is -3.44. The van der Waals surface area contributed by atoms with Crippen LogP contribution in [0.4, 0.5) is 5.69 Å². The van der Waals surface area contributed by atoms with Crippen LogP contribution in [-0.2, 0) is 11.2 Å². The molecule has 1 amide bonds. The van der Waals surface area contributed by atoms with Gasteiger partial charge >= 0.3 is 0 Å². The number of hydrogen-bond acceptors (Lipinski definition) is 8. The van der Waals surface area contributed by atoms with E-state index in [9.17, 15) is 4.79 Å². The van der Waals surface area contributed by atoms with E-state index in [1.54, 1.807) is 18.4 Å². The lowest BCUT2D eigenvalue weighted by Gasteiger charge is -2.17. The minimum absolute atomic E-state index is 0.0383. The molecular formula is C26H28N6O2S2. The molecule has 10 heteroatoms. The number of benzene rings is 3. The Kier molecular flexibility index (Phi) is 8.55. The molecule has 0 bridgehead atoms. The van der Waals surface area contributed by atoms with Crippen molar-refractivity contribution in [3.63, 3.8) is 0 Å². The first-order valence-corrected chi connectivity index (χ1v) is 13.0. The Morgan fingerprint density at radius 2 is 2.00 bits per heavy atom. The maximum atomic E-state index is 11.9. The van der Waals surface area contributed by atoms with E-state index < -0.39 is 0 Å². The van der Waals surface area contributed by atoms with Gasteiger partial charge in [0.2, 0.25) is 5.91 Å². The molecule has 1 aromatic heterocycles. The third kappa shape index (κ3) is 6.61. The molecule has 0 saturated carbocycles. The van der Waals surface area contributed by atoms with Crippen LogP contribution in [0.3, 0.4) is 0 Å². The van der Waals surface area contributed by atoms with Crippen molar-refractivity contribution in [3.8, 4) is 5.75 Å². The van der Waals surface area contributed by atoms with Crippen molar-refractivity contribution in [2.75, 3.05) is 19.0 Å². The van der Waals surface area contributed by atoms with E-state index in [0.717, 1.165) is 37.1 Å². The highest BCUT2D eigenvalue weighted by Gasteiger charge is 2.19. The van der Waals surface area contributed by atoms with Crippen molar-refractivity contribution in [1.82, 2.24) is 9.71 Å². The van der Waals surface area contributed by atoms with E-state index in [4.69, 9.17) is 26.6 Å². The van der Waals surface area contributed by atoms with Gasteiger partial charge in [0.1, 0.15) is 16.6 Å². The molecule has 4 aromatic rings. The fourth-order valence-corrected chi connectivity index (χ4v) is 5.54. The van der Waals surface area contributed by atoms with Gasteiger partial charge in [0.05, 0.1) is 23.4 Å². The summed E-state index contributed by atoms with van der Waals surface area (Å²) in [7, 11) is 1.65. The molecule has 7 N–H and O–H groups in total. The number of carbonyl (C=O) groups is 1. The number of rotatable bonds is 11. The third-order valence-electron chi connectivity index (χ3n) is 5.40. The first-order valence-electron chi connectivity index (χ1n) is 11.4. The summed E-state index contributed by atoms with van der Waals surface area (Å²) in [6, 6.07) is 21.1. The van der Waals surface area contributed by atoms with E-state index in [2.05, 4.69) is 10.0 Å². The van der Waals surface area contributed by atoms with Crippen LogP contribution in [0.2, 0.25) is 0 Å². The number of amidine groups is 1. The lowest BCUT2D eigenvalue weighted by molar-refractivity contribution is -0.116. The first kappa shape index (κ1) is 25.6. The number of hydrogen-bond donors (Lipinski definition) is 5. The van der Waals surface area contributed by atoms with Crippen LogP contribution < -0.4 is 26.2 Å². The van der Waals surface area contributed by atoms with E-state index in [-0.39, 0.29) is 24.2 Å². The number of thiazole rings is 1. The predicted octanol–water partition coefficient (Wildman–Crippen LogP) is 4.46. The molecule has 0 aliphatic rings. The van der Waals surface area contributed by atoms with Gasteiger partial charge in [-0.15, -0.1) is 11.3 Å². The molecule has 36 heavy (non-hydrogen) atoms. The second-order valence-corrected chi connectivity index (χ2v) is 10.1. The number of ether oxygens (including phenoxy) is 1. The molecule has 0 spiro atoms. The van der Waals surface area contributed by atoms with E-state index in [1.165, 1.54) is 11.9 Å². The number of nitrogens with two attached hydrogens (primary N) is 2. The largest absolute Gasteiger partial charge is 0.497 e. The van der Waals surface area contributed by atoms with Crippen molar-refractivity contribution in [2.24, 2.45) is 11.5 Å². The van der Waals surface area contributed by atoms with E-state index >= 15 is 0 Å². The molecular weight excluding hydrogens is 492 g/mol. The lowest BCUT2D eigenvalue weighted by atomic mass is 10.0. The number of aromatic nitrogens is 1. The number of nitrogen functional groups attached to an aromatic ring is 1. The SMILES string of the molecule is COc1ccc2nc(C(Cc3cccc(C(=N)N)c3)NSc3cccc(NC(=O)CCN)c3)sc2c1. The quantitative estimate of drug-likeness (QED) is 0.112. The number of carbonyl (C=O) groups excluding carboxylic acids is 1. The molecule has 0 aliphatic carbocycles. The Bertz CT molecular complexity index is 1370. The minimum Gasteiger partial charge on any atom is -0.497 e. The highest BCUT2D eigenvalue weighted by molar-refractivity contribution is 7.97. The molecule has 8 nitrogen and oxygen atoms in total. The molecule has 0 aliphatic heterocycles. The zero-order chi connectivity index (χ0) is 25.5. The highest BCUT2D eigenvalue weighted by atomic mass is 32.2. The third-order valence-corrected chi connectivity index (χ3v) is 7.42. The normalized spacial score (nSPS) is 11.8. The van der Waals surface area contributed by atoms with Crippen molar-refractivity contribution in [3.05, 3.63) is 82.9 Å². The molecule has 1 heterocycles.